The molecule has 1 aromatic carbocycles. The number of nitrogens with zero attached hydrogens (tertiary/aromatic N) is 2. The molecule has 0 unspecified atom stereocenters. The summed E-state index contributed by atoms with van der Waals surface area (Å²) in [5.41, 5.74) is 1.68. The predicted molar refractivity (Wildman–Crippen MR) is 84.1 cm³/mol. The second-order valence-corrected chi connectivity index (χ2v) is 6.37. The molecule has 0 saturated carbocycles. The van der Waals surface area contributed by atoms with Crippen LogP contribution in [0.25, 0.3) is 0 Å². The number of primary sulfonamides is 1. The van der Waals surface area contributed by atoms with Crippen LogP contribution in [-0.2, 0) is 23.6 Å². The molecule has 0 saturated heterocycles. The third kappa shape index (κ3) is 4.52. The van der Waals surface area contributed by atoms with Gasteiger partial charge in [0.25, 0.3) is 0 Å². The van der Waals surface area contributed by atoms with Gasteiger partial charge in [-0.15, -0.1) is 0 Å². The van der Waals surface area contributed by atoms with Gasteiger partial charge in [0.2, 0.25) is 10.0 Å². The van der Waals surface area contributed by atoms with Crippen molar-refractivity contribution in [3.63, 3.8) is 0 Å². The monoisotopic (exact) mass is 325 g/mol. The zero-order valence-corrected chi connectivity index (χ0v) is 12.9. The minimum Gasteiger partial charge on any atom is -0.358 e. The molecular weight excluding hydrogens is 310 g/mol. The average molecular weight is 325 g/mol. The number of nitrogens with two attached hydrogens (primary N) is 1. The summed E-state index contributed by atoms with van der Waals surface area (Å²) in [7, 11) is -1.84. The Balaban J connectivity index is 1.90. The number of thiocarbonyl (C=S) groups is 1. The molecule has 0 bridgehead atoms. The van der Waals surface area contributed by atoms with Crippen LogP contribution >= 0.6 is 12.2 Å². The SMILES string of the molecule is Cn1cc(CNC(=S)Nc2ccc(S(N)(=O)=O)cc2)cn1. The van der Waals surface area contributed by atoms with E-state index in [0.29, 0.717) is 17.3 Å². The van der Waals surface area contributed by atoms with Crippen molar-refractivity contribution in [1.29, 1.82) is 0 Å². The van der Waals surface area contributed by atoms with Gasteiger partial charge in [0.05, 0.1) is 11.1 Å². The maximum atomic E-state index is 11.1. The van der Waals surface area contributed by atoms with Crippen LogP contribution in [0.4, 0.5) is 5.69 Å². The number of anilines is 1. The molecule has 0 atom stereocenters. The highest BCUT2D eigenvalue weighted by Crippen LogP contribution is 2.12. The number of nitrogens with one attached hydrogen (secondary N) is 2. The highest BCUT2D eigenvalue weighted by Gasteiger charge is 2.07. The normalized spacial score (nSPS) is 11.1. The van der Waals surface area contributed by atoms with Crippen LogP contribution < -0.4 is 15.8 Å². The smallest absolute Gasteiger partial charge is 0.238 e. The molecule has 1 heterocycles. The molecule has 1 aromatic heterocycles. The Hall–Kier alpha value is -1.97. The van der Waals surface area contributed by atoms with Crippen molar-refractivity contribution in [3.05, 3.63) is 42.2 Å². The second kappa shape index (κ2) is 6.20. The summed E-state index contributed by atoms with van der Waals surface area (Å²) in [5, 5.41) is 15.5. The molecule has 9 heteroatoms. The second-order valence-electron chi connectivity index (χ2n) is 4.40. The van der Waals surface area contributed by atoms with E-state index < -0.39 is 10.0 Å². The van der Waals surface area contributed by atoms with Gasteiger partial charge in [-0.3, -0.25) is 4.68 Å². The lowest BCUT2D eigenvalue weighted by Crippen LogP contribution is -2.27. The van der Waals surface area contributed by atoms with Gasteiger partial charge in [-0.25, -0.2) is 13.6 Å². The van der Waals surface area contributed by atoms with Gasteiger partial charge in [0.1, 0.15) is 0 Å². The zero-order valence-electron chi connectivity index (χ0n) is 11.3. The van der Waals surface area contributed by atoms with E-state index in [2.05, 4.69) is 15.7 Å². The van der Waals surface area contributed by atoms with Crippen LogP contribution in [0, 0.1) is 0 Å². The summed E-state index contributed by atoms with van der Waals surface area (Å²) in [6, 6.07) is 6.03. The molecule has 2 rings (SSSR count). The van der Waals surface area contributed by atoms with Gasteiger partial charge in [-0.2, -0.15) is 5.10 Å². The maximum Gasteiger partial charge on any atom is 0.238 e. The number of hydrogen-bond acceptors (Lipinski definition) is 4. The van der Waals surface area contributed by atoms with Gasteiger partial charge in [-0.05, 0) is 36.5 Å². The highest BCUT2D eigenvalue weighted by atomic mass is 32.2. The van der Waals surface area contributed by atoms with E-state index in [1.165, 1.54) is 12.1 Å². The van der Waals surface area contributed by atoms with E-state index in [1.54, 1.807) is 23.0 Å². The number of sulfonamides is 1. The number of benzene rings is 1. The maximum absolute atomic E-state index is 11.1. The lowest BCUT2D eigenvalue weighted by atomic mass is 10.3. The fourth-order valence-corrected chi connectivity index (χ4v) is 2.35. The van der Waals surface area contributed by atoms with E-state index in [0.717, 1.165) is 5.56 Å². The summed E-state index contributed by atoms with van der Waals surface area (Å²) >= 11 is 5.16. The standard InChI is InChI=1S/C12H15N5O2S2/c1-17-8-9(7-15-17)6-14-12(20)16-10-2-4-11(5-3-10)21(13,18)19/h2-5,7-8H,6H2,1H3,(H2,13,18,19)(H2,14,16,20). The molecule has 0 amide bonds. The Morgan fingerprint density at radius 2 is 2.05 bits per heavy atom. The van der Waals surface area contributed by atoms with Crippen LogP contribution in [0.15, 0.2) is 41.6 Å². The van der Waals surface area contributed by atoms with Gasteiger partial charge in [0, 0.05) is 31.0 Å². The Kier molecular flexibility index (Phi) is 4.56. The number of rotatable bonds is 4. The Bertz CT molecular complexity index is 737. The Morgan fingerprint density at radius 1 is 1.38 bits per heavy atom. The van der Waals surface area contributed by atoms with Gasteiger partial charge in [-0.1, -0.05) is 0 Å². The quantitative estimate of drug-likeness (QED) is 0.710. The molecule has 0 spiro atoms. The minimum absolute atomic E-state index is 0.0577. The van der Waals surface area contributed by atoms with Crippen LogP contribution in [0.2, 0.25) is 0 Å². The van der Waals surface area contributed by atoms with Crippen molar-refractivity contribution >= 4 is 33.0 Å². The molecule has 4 N–H and O–H groups in total. The van der Waals surface area contributed by atoms with Crippen molar-refractivity contribution < 1.29 is 8.42 Å². The first-order valence-electron chi connectivity index (χ1n) is 6.00. The first-order chi connectivity index (χ1) is 9.84. The fraction of sp³-hybridized carbons (Fsp3) is 0.167. The van der Waals surface area contributed by atoms with Crippen LogP contribution in [0.3, 0.4) is 0 Å². The van der Waals surface area contributed by atoms with E-state index >= 15 is 0 Å². The predicted octanol–water partition coefficient (Wildman–Crippen LogP) is 0.554. The van der Waals surface area contributed by atoms with E-state index in [-0.39, 0.29) is 4.90 Å². The number of aromatic nitrogens is 2. The van der Waals surface area contributed by atoms with E-state index in [1.807, 2.05) is 13.2 Å². The molecule has 0 aliphatic rings. The molecular formula is C12H15N5O2S2. The first kappa shape index (κ1) is 15.4. The van der Waals surface area contributed by atoms with E-state index in [9.17, 15) is 8.42 Å². The summed E-state index contributed by atoms with van der Waals surface area (Å²) in [6.45, 7) is 0.551. The lowest BCUT2D eigenvalue weighted by Gasteiger charge is -2.10. The van der Waals surface area contributed by atoms with Crippen molar-refractivity contribution in [3.8, 4) is 0 Å². The number of hydrogen-bond donors (Lipinski definition) is 3. The molecule has 112 valence electrons. The van der Waals surface area contributed by atoms with Crippen LogP contribution in [-0.4, -0.2) is 23.3 Å². The highest BCUT2D eigenvalue weighted by molar-refractivity contribution is 7.89. The van der Waals surface area contributed by atoms with Crippen LogP contribution in [0.1, 0.15) is 5.56 Å². The molecule has 0 aliphatic heterocycles. The summed E-state index contributed by atoms with van der Waals surface area (Å²) < 4.78 is 24.0. The molecule has 7 nitrogen and oxygen atoms in total. The van der Waals surface area contributed by atoms with Crippen molar-refractivity contribution in [1.82, 2.24) is 15.1 Å². The topological polar surface area (TPSA) is 102 Å². The van der Waals surface area contributed by atoms with Gasteiger partial charge < -0.3 is 10.6 Å². The third-order valence-electron chi connectivity index (χ3n) is 2.65. The Morgan fingerprint density at radius 3 is 2.57 bits per heavy atom. The van der Waals surface area contributed by atoms with Crippen molar-refractivity contribution in [2.45, 2.75) is 11.4 Å². The number of aryl methyl sites for hydroxylation is 1. The summed E-state index contributed by atoms with van der Waals surface area (Å²) in [6.07, 6.45) is 3.63. The molecule has 2 aromatic rings. The minimum atomic E-state index is -3.68. The van der Waals surface area contributed by atoms with Gasteiger partial charge in [0.15, 0.2) is 5.11 Å². The average Bonchev–Trinajstić information content (AvgIpc) is 2.82. The third-order valence-corrected chi connectivity index (χ3v) is 3.83. The van der Waals surface area contributed by atoms with Crippen LogP contribution in [0.5, 0.6) is 0 Å². The van der Waals surface area contributed by atoms with Crippen molar-refractivity contribution in [2.75, 3.05) is 5.32 Å². The fourth-order valence-electron chi connectivity index (χ4n) is 1.65. The first-order valence-corrected chi connectivity index (χ1v) is 7.95. The summed E-state index contributed by atoms with van der Waals surface area (Å²) in [5.74, 6) is 0. The Labute approximate surface area is 128 Å². The van der Waals surface area contributed by atoms with E-state index in [4.69, 9.17) is 17.4 Å². The molecule has 21 heavy (non-hydrogen) atoms. The lowest BCUT2D eigenvalue weighted by molar-refractivity contribution is 0.598. The van der Waals surface area contributed by atoms with Gasteiger partial charge >= 0.3 is 0 Å². The summed E-state index contributed by atoms with van der Waals surface area (Å²) in [4.78, 5) is 0.0577. The molecule has 0 radical (unpaired) electrons. The zero-order chi connectivity index (χ0) is 15.5. The largest absolute Gasteiger partial charge is 0.358 e. The molecule has 0 fully saturated rings. The van der Waals surface area contributed by atoms with Crippen molar-refractivity contribution in [2.24, 2.45) is 12.2 Å². The molecule has 0 aliphatic carbocycles.